The zero-order chi connectivity index (χ0) is 20.1. The monoisotopic (exact) mass is 362 g/mol. The van der Waals surface area contributed by atoms with Gasteiger partial charge >= 0.3 is 5.97 Å². The van der Waals surface area contributed by atoms with Gasteiger partial charge in [-0.1, -0.05) is 86.3 Å². The Hall–Kier alpha value is -1.51. The summed E-state index contributed by atoms with van der Waals surface area (Å²) in [7, 11) is 0. The van der Waals surface area contributed by atoms with Gasteiger partial charge in [0.2, 0.25) is 0 Å². The minimum atomic E-state index is -0.756. The van der Waals surface area contributed by atoms with Crippen LogP contribution in [0, 0.1) is 0 Å². The van der Waals surface area contributed by atoms with Crippen molar-refractivity contribution in [2.75, 3.05) is 0 Å². The standard InChI is InChI=1S/C23H38O3/c1-8-9-10-11-12-16(15-20(24)25)17-13-18(22(2,3)4)21(26)19(14-17)23(5,6)7/h13-14,16,26H,8-12,15H2,1-7H3,(H,24,25). The van der Waals surface area contributed by atoms with Gasteiger partial charge in [-0.3, -0.25) is 4.79 Å². The third kappa shape index (κ3) is 6.34. The van der Waals surface area contributed by atoms with E-state index in [2.05, 4.69) is 48.5 Å². The van der Waals surface area contributed by atoms with E-state index in [1.165, 1.54) is 12.8 Å². The van der Waals surface area contributed by atoms with Gasteiger partial charge in [-0.25, -0.2) is 0 Å². The lowest BCUT2D eigenvalue weighted by atomic mass is 9.76. The molecule has 1 rings (SSSR count). The summed E-state index contributed by atoms with van der Waals surface area (Å²) in [5.41, 5.74) is 2.47. The van der Waals surface area contributed by atoms with Gasteiger partial charge in [0.25, 0.3) is 0 Å². The Morgan fingerprint density at radius 3 is 1.85 bits per heavy atom. The van der Waals surface area contributed by atoms with Gasteiger partial charge in [0.05, 0.1) is 6.42 Å². The van der Waals surface area contributed by atoms with E-state index in [-0.39, 0.29) is 23.2 Å². The Balaban J connectivity index is 3.37. The van der Waals surface area contributed by atoms with Crippen LogP contribution in [-0.4, -0.2) is 16.2 Å². The van der Waals surface area contributed by atoms with Crippen molar-refractivity contribution in [2.24, 2.45) is 0 Å². The number of hydrogen-bond donors (Lipinski definition) is 2. The summed E-state index contributed by atoms with van der Waals surface area (Å²) in [6, 6.07) is 4.08. The van der Waals surface area contributed by atoms with Crippen LogP contribution in [0.25, 0.3) is 0 Å². The summed E-state index contributed by atoms with van der Waals surface area (Å²) in [6.45, 7) is 14.7. The van der Waals surface area contributed by atoms with Gasteiger partial charge in [0, 0.05) is 0 Å². The van der Waals surface area contributed by atoms with E-state index in [0.29, 0.717) is 5.75 Å². The molecule has 0 saturated carbocycles. The topological polar surface area (TPSA) is 57.5 Å². The molecule has 148 valence electrons. The minimum Gasteiger partial charge on any atom is -0.507 e. The van der Waals surface area contributed by atoms with Crippen molar-refractivity contribution in [1.29, 1.82) is 0 Å². The highest BCUT2D eigenvalue weighted by molar-refractivity contribution is 5.68. The van der Waals surface area contributed by atoms with E-state index in [4.69, 9.17) is 0 Å². The van der Waals surface area contributed by atoms with E-state index >= 15 is 0 Å². The fourth-order valence-electron chi connectivity index (χ4n) is 3.45. The second kappa shape index (κ2) is 8.92. The predicted octanol–water partition coefficient (Wildman–Crippen LogP) is 6.52. The largest absolute Gasteiger partial charge is 0.507 e. The number of aromatic hydroxyl groups is 1. The molecule has 0 saturated heterocycles. The number of carboxylic acid groups (broad SMARTS) is 1. The summed E-state index contributed by atoms with van der Waals surface area (Å²) >= 11 is 0. The predicted molar refractivity (Wildman–Crippen MR) is 109 cm³/mol. The molecule has 0 amide bonds. The first-order valence-corrected chi connectivity index (χ1v) is 9.97. The number of aliphatic carboxylic acids is 1. The Labute approximate surface area is 159 Å². The lowest BCUT2D eigenvalue weighted by Gasteiger charge is -2.30. The van der Waals surface area contributed by atoms with Crippen molar-refractivity contribution in [2.45, 2.75) is 104 Å². The minimum absolute atomic E-state index is 0.00726. The average molecular weight is 363 g/mol. The quantitative estimate of drug-likeness (QED) is 0.518. The zero-order valence-corrected chi connectivity index (χ0v) is 17.8. The number of benzene rings is 1. The highest BCUT2D eigenvalue weighted by Gasteiger charge is 2.28. The Kier molecular flexibility index (Phi) is 7.73. The van der Waals surface area contributed by atoms with Crippen molar-refractivity contribution in [1.82, 2.24) is 0 Å². The molecule has 1 aromatic carbocycles. The molecule has 0 aliphatic carbocycles. The number of carboxylic acids is 1. The van der Waals surface area contributed by atoms with Gasteiger partial charge in [-0.2, -0.15) is 0 Å². The second-order valence-electron chi connectivity index (χ2n) is 9.61. The smallest absolute Gasteiger partial charge is 0.303 e. The van der Waals surface area contributed by atoms with Crippen LogP contribution >= 0.6 is 0 Å². The molecule has 2 N–H and O–H groups in total. The fraction of sp³-hybridized carbons (Fsp3) is 0.696. The summed E-state index contributed by atoms with van der Waals surface area (Å²) in [5.74, 6) is -0.408. The summed E-state index contributed by atoms with van der Waals surface area (Å²) in [5, 5.41) is 20.3. The maximum Gasteiger partial charge on any atom is 0.303 e. The van der Waals surface area contributed by atoms with Crippen molar-refractivity contribution in [3.8, 4) is 5.75 Å². The van der Waals surface area contributed by atoms with Crippen LogP contribution in [0.4, 0.5) is 0 Å². The van der Waals surface area contributed by atoms with Crippen LogP contribution < -0.4 is 0 Å². The van der Waals surface area contributed by atoms with E-state index in [1.807, 2.05) is 12.1 Å². The highest BCUT2D eigenvalue weighted by Crippen LogP contribution is 2.42. The van der Waals surface area contributed by atoms with Crippen molar-refractivity contribution in [3.63, 3.8) is 0 Å². The first kappa shape index (κ1) is 22.5. The van der Waals surface area contributed by atoms with Crippen molar-refractivity contribution >= 4 is 5.97 Å². The molecule has 0 spiro atoms. The number of phenols is 1. The Bertz CT molecular complexity index is 568. The van der Waals surface area contributed by atoms with Gasteiger partial charge in [0.15, 0.2) is 0 Å². The van der Waals surface area contributed by atoms with E-state index < -0.39 is 5.97 Å². The Morgan fingerprint density at radius 1 is 0.962 bits per heavy atom. The maximum atomic E-state index is 11.5. The first-order valence-electron chi connectivity index (χ1n) is 9.97. The van der Waals surface area contributed by atoms with Gasteiger partial charge in [0.1, 0.15) is 5.75 Å². The average Bonchev–Trinajstić information content (AvgIpc) is 2.48. The van der Waals surface area contributed by atoms with Gasteiger partial charge in [-0.15, -0.1) is 0 Å². The highest BCUT2D eigenvalue weighted by atomic mass is 16.4. The molecule has 0 fully saturated rings. The van der Waals surface area contributed by atoms with Gasteiger partial charge < -0.3 is 10.2 Å². The molecule has 0 heterocycles. The molecular weight excluding hydrogens is 324 g/mol. The molecule has 3 nitrogen and oxygen atoms in total. The number of phenolic OH excluding ortho intramolecular Hbond substituents is 1. The zero-order valence-electron chi connectivity index (χ0n) is 17.8. The summed E-state index contributed by atoms with van der Waals surface area (Å²) in [4.78, 5) is 11.5. The van der Waals surface area contributed by atoms with Crippen LogP contribution in [0.2, 0.25) is 0 Å². The fourth-order valence-corrected chi connectivity index (χ4v) is 3.45. The normalized spacial score (nSPS) is 13.7. The van der Waals surface area contributed by atoms with E-state index in [0.717, 1.165) is 36.0 Å². The number of carbonyl (C=O) groups is 1. The molecule has 26 heavy (non-hydrogen) atoms. The lowest BCUT2D eigenvalue weighted by Crippen LogP contribution is -2.19. The van der Waals surface area contributed by atoms with E-state index in [9.17, 15) is 15.0 Å². The summed E-state index contributed by atoms with van der Waals surface area (Å²) < 4.78 is 0. The molecule has 0 radical (unpaired) electrons. The Morgan fingerprint density at radius 2 is 1.46 bits per heavy atom. The number of rotatable bonds is 8. The second-order valence-corrected chi connectivity index (χ2v) is 9.61. The van der Waals surface area contributed by atoms with Crippen molar-refractivity contribution in [3.05, 3.63) is 28.8 Å². The third-order valence-corrected chi connectivity index (χ3v) is 5.05. The number of unbranched alkanes of at least 4 members (excludes halogenated alkanes) is 3. The maximum absolute atomic E-state index is 11.5. The SMILES string of the molecule is CCCCCCC(CC(=O)O)c1cc(C(C)(C)C)c(O)c(C(C)(C)C)c1. The van der Waals surface area contributed by atoms with Crippen LogP contribution in [0.3, 0.4) is 0 Å². The molecule has 0 aliphatic heterocycles. The summed E-state index contributed by atoms with van der Waals surface area (Å²) in [6.07, 6.45) is 5.57. The molecule has 0 bridgehead atoms. The first-order chi connectivity index (χ1) is 11.9. The molecule has 1 unspecified atom stereocenters. The lowest BCUT2D eigenvalue weighted by molar-refractivity contribution is -0.137. The van der Waals surface area contributed by atoms with Crippen LogP contribution in [0.15, 0.2) is 12.1 Å². The molecule has 0 aliphatic rings. The molecule has 0 aromatic heterocycles. The van der Waals surface area contributed by atoms with Crippen LogP contribution in [0.5, 0.6) is 5.75 Å². The number of hydrogen-bond acceptors (Lipinski definition) is 2. The third-order valence-electron chi connectivity index (χ3n) is 5.05. The van der Waals surface area contributed by atoms with Crippen LogP contribution in [-0.2, 0) is 15.6 Å². The van der Waals surface area contributed by atoms with E-state index in [1.54, 1.807) is 0 Å². The molecule has 3 heteroatoms. The van der Waals surface area contributed by atoms with Crippen molar-refractivity contribution < 1.29 is 15.0 Å². The molecular formula is C23H38O3. The van der Waals surface area contributed by atoms with Gasteiger partial charge in [-0.05, 0) is 39.9 Å². The molecule has 1 aromatic rings. The molecule has 1 atom stereocenters. The van der Waals surface area contributed by atoms with Crippen LogP contribution in [0.1, 0.15) is 110 Å².